The average molecular weight is 406 g/mol. The van der Waals surface area contributed by atoms with Crippen LogP contribution in [0, 0.1) is 5.92 Å². The summed E-state index contributed by atoms with van der Waals surface area (Å²) in [5, 5.41) is 0.666. The second-order valence-corrected chi connectivity index (χ2v) is 9.53. The Balaban J connectivity index is 1.48. The monoisotopic (exact) mass is 405 g/mol. The number of carbonyl (C=O) groups is 2. The van der Waals surface area contributed by atoms with Crippen molar-refractivity contribution in [1.29, 1.82) is 0 Å². The van der Waals surface area contributed by atoms with E-state index in [2.05, 4.69) is 9.97 Å². The number of carbonyl (C=O) groups excluding carboxylic acids is 2. The molecule has 1 aliphatic carbocycles. The van der Waals surface area contributed by atoms with Crippen molar-refractivity contribution in [3.8, 4) is 0 Å². The molecule has 0 aromatic carbocycles. The highest BCUT2D eigenvalue weighted by molar-refractivity contribution is 7.98. The lowest BCUT2D eigenvalue weighted by Gasteiger charge is -2.42. The molecule has 0 spiro atoms. The maximum Gasteiger partial charge on any atom is 0.410 e. The van der Waals surface area contributed by atoms with Crippen molar-refractivity contribution in [1.82, 2.24) is 19.8 Å². The zero-order chi connectivity index (χ0) is 20.2. The minimum atomic E-state index is -0.497. The summed E-state index contributed by atoms with van der Waals surface area (Å²) >= 11 is 1.46. The Hall–Kier alpha value is -2.03. The zero-order valence-electron chi connectivity index (χ0n) is 17.0. The third-order valence-electron chi connectivity index (χ3n) is 5.73. The van der Waals surface area contributed by atoms with Crippen LogP contribution >= 0.6 is 11.8 Å². The molecular weight excluding hydrogens is 378 g/mol. The number of hydrogen-bond acceptors (Lipinski definition) is 6. The van der Waals surface area contributed by atoms with Gasteiger partial charge in [0.05, 0.1) is 6.54 Å². The van der Waals surface area contributed by atoms with E-state index in [0.717, 1.165) is 18.4 Å². The molecule has 8 nitrogen and oxygen atoms in total. The van der Waals surface area contributed by atoms with Crippen molar-refractivity contribution in [2.75, 3.05) is 24.7 Å². The van der Waals surface area contributed by atoms with Crippen LogP contribution in [0.2, 0.25) is 0 Å². The van der Waals surface area contributed by atoms with Crippen molar-refractivity contribution >= 4 is 29.7 Å². The molecule has 1 saturated heterocycles. The van der Waals surface area contributed by atoms with Crippen molar-refractivity contribution in [3.63, 3.8) is 0 Å². The van der Waals surface area contributed by atoms with Crippen molar-refractivity contribution in [2.45, 2.75) is 63.0 Å². The van der Waals surface area contributed by atoms with Crippen LogP contribution in [0.3, 0.4) is 0 Å². The van der Waals surface area contributed by atoms with Gasteiger partial charge in [-0.3, -0.25) is 4.90 Å². The topological polar surface area (TPSA) is 78.9 Å². The number of aromatic nitrogens is 2. The first-order chi connectivity index (χ1) is 13.2. The number of amides is 3. The fourth-order valence-corrected chi connectivity index (χ4v) is 4.86. The fourth-order valence-electron chi connectivity index (χ4n) is 4.53. The summed E-state index contributed by atoms with van der Waals surface area (Å²) in [6.07, 6.45) is 5.22. The van der Waals surface area contributed by atoms with Gasteiger partial charge in [0.15, 0.2) is 5.16 Å². The number of fused-ring (bicyclic) bond motifs is 3. The highest BCUT2D eigenvalue weighted by atomic mass is 32.2. The van der Waals surface area contributed by atoms with E-state index in [1.54, 1.807) is 11.9 Å². The van der Waals surface area contributed by atoms with Crippen LogP contribution < -0.4 is 4.90 Å². The predicted molar refractivity (Wildman–Crippen MR) is 106 cm³/mol. The van der Waals surface area contributed by atoms with Crippen LogP contribution in [0.1, 0.15) is 39.2 Å². The molecule has 28 heavy (non-hydrogen) atoms. The number of thioether (sulfide) groups is 1. The summed E-state index contributed by atoms with van der Waals surface area (Å²) < 4.78 is 5.54. The largest absolute Gasteiger partial charge is 0.444 e. The lowest BCUT2D eigenvalue weighted by Crippen LogP contribution is -2.55. The van der Waals surface area contributed by atoms with Crippen molar-refractivity contribution in [2.24, 2.45) is 5.92 Å². The van der Waals surface area contributed by atoms with Gasteiger partial charge in [0.2, 0.25) is 0 Å². The summed E-state index contributed by atoms with van der Waals surface area (Å²) in [5.74, 6) is 0.974. The molecular formula is C19H27N5O3S. The van der Waals surface area contributed by atoms with E-state index in [1.807, 2.05) is 43.0 Å². The first kappa shape index (κ1) is 19.3. The van der Waals surface area contributed by atoms with E-state index in [9.17, 15) is 9.59 Å². The molecule has 2 aliphatic heterocycles. The molecule has 2 bridgehead atoms. The number of nitrogens with zero attached hydrogens (tertiary/aromatic N) is 5. The molecule has 3 aliphatic rings. The van der Waals surface area contributed by atoms with Crippen LogP contribution in [-0.2, 0) is 11.3 Å². The highest BCUT2D eigenvalue weighted by Crippen LogP contribution is 2.43. The normalized spacial score (nSPS) is 26.7. The van der Waals surface area contributed by atoms with E-state index in [-0.39, 0.29) is 30.1 Å². The number of rotatable bonds is 2. The third kappa shape index (κ3) is 3.29. The summed E-state index contributed by atoms with van der Waals surface area (Å²) in [6, 6.07) is 0.242. The van der Waals surface area contributed by atoms with E-state index in [4.69, 9.17) is 4.74 Å². The van der Waals surface area contributed by atoms with Gasteiger partial charge < -0.3 is 14.5 Å². The van der Waals surface area contributed by atoms with E-state index >= 15 is 0 Å². The first-order valence-corrected chi connectivity index (χ1v) is 10.8. The number of hydrogen-bond donors (Lipinski definition) is 0. The van der Waals surface area contributed by atoms with Crippen LogP contribution in [0.15, 0.2) is 11.4 Å². The Morgan fingerprint density at radius 2 is 2.07 bits per heavy atom. The second-order valence-electron chi connectivity index (χ2n) is 8.76. The van der Waals surface area contributed by atoms with Gasteiger partial charge in [0, 0.05) is 37.4 Å². The molecule has 0 radical (unpaired) electrons. The average Bonchev–Trinajstić information content (AvgIpc) is 3.23. The minimum Gasteiger partial charge on any atom is -0.444 e. The lowest BCUT2D eigenvalue weighted by molar-refractivity contribution is 0.0140. The molecule has 1 saturated carbocycles. The zero-order valence-corrected chi connectivity index (χ0v) is 17.8. The molecule has 152 valence electrons. The molecule has 1 aromatic heterocycles. The predicted octanol–water partition coefficient (Wildman–Crippen LogP) is 2.97. The number of piperidine rings is 1. The summed E-state index contributed by atoms with van der Waals surface area (Å²) in [4.78, 5) is 39.8. The maximum atomic E-state index is 13.0. The summed E-state index contributed by atoms with van der Waals surface area (Å²) in [5.41, 5.74) is 0.468. The van der Waals surface area contributed by atoms with Gasteiger partial charge in [-0.15, -0.1) is 0 Å². The lowest BCUT2D eigenvalue weighted by atomic mass is 10.00. The molecule has 3 atom stereocenters. The summed E-state index contributed by atoms with van der Waals surface area (Å²) in [7, 11) is 1.77. The Morgan fingerprint density at radius 1 is 1.32 bits per heavy atom. The Kier molecular flexibility index (Phi) is 4.68. The first-order valence-electron chi connectivity index (χ1n) is 9.62. The highest BCUT2D eigenvalue weighted by Gasteiger charge is 2.51. The standard InChI is InChI=1S/C19H27N5O3S/c1-19(2,3)27-18(26)23-9-11-6-13(23)7-14(11)24-10-12-8-20-16(28-5)21-15(12)22(4)17(24)25/h8,11,13-14H,6-7,9-10H2,1-5H3. The second kappa shape index (κ2) is 6.79. The number of ether oxygens (including phenoxy) is 1. The Labute approximate surface area is 169 Å². The van der Waals surface area contributed by atoms with Crippen LogP contribution in [0.5, 0.6) is 0 Å². The van der Waals surface area contributed by atoms with Gasteiger partial charge in [-0.1, -0.05) is 11.8 Å². The van der Waals surface area contributed by atoms with Crippen LogP contribution in [0.4, 0.5) is 15.4 Å². The number of anilines is 1. The van der Waals surface area contributed by atoms with Crippen LogP contribution in [-0.4, -0.2) is 69.4 Å². The third-order valence-corrected chi connectivity index (χ3v) is 6.29. The Morgan fingerprint density at radius 3 is 2.68 bits per heavy atom. The van der Waals surface area contributed by atoms with Gasteiger partial charge >= 0.3 is 12.1 Å². The van der Waals surface area contributed by atoms with Crippen LogP contribution in [0.25, 0.3) is 0 Å². The van der Waals surface area contributed by atoms with Gasteiger partial charge in [-0.25, -0.2) is 19.6 Å². The molecule has 2 fully saturated rings. The fraction of sp³-hybridized carbons (Fsp3) is 0.684. The SMILES string of the molecule is CSc1ncc2c(n1)N(C)C(=O)N(C1CC3CC1CN3C(=O)OC(C)(C)C)C2. The maximum absolute atomic E-state index is 13.0. The van der Waals surface area contributed by atoms with Gasteiger partial charge in [-0.2, -0.15) is 0 Å². The minimum absolute atomic E-state index is 0.0281. The van der Waals surface area contributed by atoms with Crippen molar-refractivity contribution in [3.05, 3.63) is 11.8 Å². The molecule has 9 heteroatoms. The quantitative estimate of drug-likeness (QED) is 0.556. The molecule has 3 heterocycles. The van der Waals surface area contributed by atoms with Crippen molar-refractivity contribution < 1.29 is 14.3 Å². The molecule has 3 amide bonds. The Bertz CT molecular complexity index is 811. The smallest absolute Gasteiger partial charge is 0.410 e. The number of urea groups is 1. The van der Waals surface area contributed by atoms with Gasteiger partial charge in [0.25, 0.3) is 0 Å². The number of likely N-dealkylation sites (tertiary alicyclic amines) is 1. The molecule has 3 unspecified atom stereocenters. The van der Waals surface area contributed by atoms with Gasteiger partial charge in [-0.05, 0) is 45.8 Å². The van der Waals surface area contributed by atoms with Gasteiger partial charge in [0.1, 0.15) is 11.4 Å². The molecule has 1 aromatic rings. The summed E-state index contributed by atoms with van der Waals surface area (Å²) in [6.45, 7) is 6.81. The van der Waals surface area contributed by atoms with E-state index in [1.165, 1.54) is 11.8 Å². The van der Waals surface area contributed by atoms with E-state index < -0.39 is 5.60 Å². The molecule has 0 N–H and O–H groups in total. The molecule has 4 rings (SSSR count). The van der Waals surface area contributed by atoms with E-state index in [0.29, 0.717) is 24.1 Å².